The molecule has 1 spiro atoms. The zero-order valence-corrected chi connectivity index (χ0v) is 10.8. The molecule has 1 aliphatic heterocycles. The molecule has 2 aliphatic rings. The van der Waals surface area contributed by atoms with Crippen LogP contribution in [0.15, 0.2) is 0 Å². The van der Waals surface area contributed by atoms with Gasteiger partial charge in [0.05, 0.1) is 0 Å². The largest absolute Gasteiger partial charge is 0.312 e. The monoisotopic (exact) mass is 210 g/mol. The van der Waals surface area contributed by atoms with Gasteiger partial charge in [-0.2, -0.15) is 0 Å². The first-order valence-electron chi connectivity index (χ1n) is 6.46. The molecule has 1 aliphatic carbocycles. The summed E-state index contributed by atoms with van der Waals surface area (Å²) in [6.45, 7) is 13.0. The maximum atomic E-state index is 3.74. The van der Waals surface area contributed by atoms with Crippen LogP contribution >= 0.6 is 0 Å². The van der Waals surface area contributed by atoms with Gasteiger partial charge < -0.3 is 5.32 Å². The van der Waals surface area contributed by atoms with Gasteiger partial charge in [0.15, 0.2) is 0 Å². The van der Waals surface area contributed by atoms with Gasteiger partial charge in [0.1, 0.15) is 0 Å². The van der Waals surface area contributed by atoms with Crippen LogP contribution in [-0.2, 0) is 0 Å². The Morgan fingerprint density at radius 3 is 2.47 bits per heavy atom. The predicted octanol–water partition coefficient (Wildman–Crippen LogP) is 2.25. The molecule has 0 bridgehead atoms. The van der Waals surface area contributed by atoms with E-state index in [-0.39, 0.29) is 0 Å². The van der Waals surface area contributed by atoms with Gasteiger partial charge in [-0.1, -0.05) is 6.92 Å². The summed E-state index contributed by atoms with van der Waals surface area (Å²) in [5.74, 6) is 0. The highest BCUT2D eigenvalue weighted by atomic mass is 15.3. The summed E-state index contributed by atoms with van der Waals surface area (Å²) >= 11 is 0. The van der Waals surface area contributed by atoms with Crippen molar-refractivity contribution in [3.63, 3.8) is 0 Å². The fourth-order valence-electron chi connectivity index (χ4n) is 2.75. The normalized spacial score (nSPS) is 30.0. The molecule has 2 heteroatoms. The molecule has 1 heterocycles. The molecule has 0 aromatic rings. The van der Waals surface area contributed by atoms with E-state index in [1.165, 1.54) is 38.9 Å². The summed E-state index contributed by atoms with van der Waals surface area (Å²) in [5.41, 5.74) is 1.00. The fourth-order valence-corrected chi connectivity index (χ4v) is 2.75. The average Bonchev–Trinajstić information content (AvgIpc) is 2.77. The van der Waals surface area contributed by atoms with Crippen molar-refractivity contribution in [2.75, 3.05) is 19.6 Å². The summed E-state index contributed by atoms with van der Waals surface area (Å²) in [6.07, 6.45) is 4.14. The van der Waals surface area contributed by atoms with E-state index in [2.05, 4.69) is 37.9 Å². The third-order valence-electron chi connectivity index (χ3n) is 4.13. The third-order valence-corrected chi connectivity index (χ3v) is 4.13. The van der Waals surface area contributed by atoms with Crippen molar-refractivity contribution >= 4 is 0 Å². The lowest BCUT2D eigenvalue weighted by molar-refractivity contribution is 0.164. The summed E-state index contributed by atoms with van der Waals surface area (Å²) in [6, 6.07) is 0.761. The van der Waals surface area contributed by atoms with Gasteiger partial charge in [0, 0.05) is 24.7 Å². The highest BCUT2D eigenvalue weighted by Gasteiger charge is 2.55. The summed E-state index contributed by atoms with van der Waals surface area (Å²) < 4.78 is 0. The SMILES string of the molecule is CCCN[C@H]1CN(C(C)(C)C)CC12CC2. The van der Waals surface area contributed by atoms with Crippen molar-refractivity contribution in [1.29, 1.82) is 0 Å². The zero-order chi connectivity index (χ0) is 11.1. The minimum Gasteiger partial charge on any atom is -0.312 e. The molecule has 0 radical (unpaired) electrons. The minimum absolute atomic E-state index is 0.345. The van der Waals surface area contributed by atoms with Crippen molar-refractivity contribution in [3.8, 4) is 0 Å². The van der Waals surface area contributed by atoms with E-state index in [9.17, 15) is 0 Å². The molecular weight excluding hydrogens is 184 g/mol. The number of nitrogens with one attached hydrogen (secondary N) is 1. The number of hydrogen-bond acceptors (Lipinski definition) is 2. The van der Waals surface area contributed by atoms with Crippen LogP contribution in [0, 0.1) is 5.41 Å². The van der Waals surface area contributed by atoms with Crippen molar-refractivity contribution < 1.29 is 0 Å². The van der Waals surface area contributed by atoms with Crippen LogP contribution in [0.3, 0.4) is 0 Å². The van der Waals surface area contributed by atoms with Crippen molar-refractivity contribution in [1.82, 2.24) is 10.2 Å². The van der Waals surface area contributed by atoms with Gasteiger partial charge in [0.25, 0.3) is 0 Å². The smallest absolute Gasteiger partial charge is 0.0263 e. The van der Waals surface area contributed by atoms with Crippen molar-refractivity contribution in [2.24, 2.45) is 5.41 Å². The number of hydrogen-bond donors (Lipinski definition) is 1. The van der Waals surface area contributed by atoms with E-state index < -0.39 is 0 Å². The van der Waals surface area contributed by atoms with Crippen LogP contribution in [0.25, 0.3) is 0 Å². The van der Waals surface area contributed by atoms with Gasteiger partial charge in [-0.15, -0.1) is 0 Å². The highest BCUT2D eigenvalue weighted by molar-refractivity contribution is 5.11. The molecule has 1 saturated carbocycles. The van der Waals surface area contributed by atoms with E-state index in [0.29, 0.717) is 11.0 Å². The molecule has 15 heavy (non-hydrogen) atoms. The molecular formula is C13H26N2. The fraction of sp³-hybridized carbons (Fsp3) is 1.00. The van der Waals surface area contributed by atoms with Gasteiger partial charge in [-0.3, -0.25) is 4.90 Å². The Kier molecular flexibility index (Phi) is 2.85. The molecule has 0 amide bonds. The molecule has 1 atom stereocenters. The first-order chi connectivity index (χ1) is 6.98. The van der Waals surface area contributed by atoms with Crippen LogP contribution in [0.2, 0.25) is 0 Å². The highest BCUT2D eigenvalue weighted by Crippen LogP contribution is 2.53. The van der Waals surface area contributed by atoms with Crippen LogP contribution in [0.4, 0.5) is 0 Å². The lowest BCUT2D eigenvalue weighted by Crippen LogP contribution is -2.42. The minimum atomic E-state index is 0.345. The zero-order valence-electron chi connectivity index (χ0n) is 10.8. The molecule has 2 fully saturated rings. The number of rotatable bonds is 3. The van der Waals surface area contributed by atoms with E-state index in [4.69, 9.17) is 0 Å². The van der Waals surface area contributed by atoms with Gasteiger partial charge >= 0.3 is 0 Å². The summed E-state index contributed by atoms with van der Waals surface area (Å²) in [4.78, 5) is 2.66. The van der Waals surface area contributed by atoms with Crippen LogP contribution in [0.5, 0.6) is 0 Å². The van der Waals surface area contributed by atoms with E-state index in [1.54, 1.807) is 0 Å². The standard InChI is InChI=1S/C13H26N2/c1-5-8-14-11-9-15(12(2,3)4)10-13(11)6-7-13/h11,14H,5-10H2,1-4H3/t11-/m0/s1. The predicted molar refractivity (Wildman–Crippen MR) is 65.1 cm³/mol. The Labute approximate surface area is 94.4 Å². The van der Waals surface area contributed by atoms with Crippen molar-refractivity contribution in [2.45, 2.75) is 58.5 Å². The lowest BCUT2D eigenvalue weighted by atomic mass is 10.0. The second-order valence-corrected chi connectivity index (χ2v) is 6.42. The van der Waals surface area contributed by atoms with E-state index in [0.717, 1.165) is 6.04 Å². The molecule has 1 N–H and O–H groups in total. The third kappa shape index (κ3) is 2.21. The number of nitrogens with zero attached hydrogens (tertiary/aromatic N) is 1. The van der Waals surface area contributed by atoms with Gasteiger partial charge in [0.2, 0.25) is 0 Å². The first kappa shape index (κ1) is 11.4. The maximum absolute atomic E-state index is 3.74. The number of likely N-dealkylation sites (tertiary alicyclic amines) is 1. The Morgan fingerprint density at radius 1 is 1.33 bits per heavy atom. The maximum Gasteiger partial charge on any atom is 0.0263 e. The van der Waals surface area contributed by atoms with Crippen molar-refractivity contribution in [3.05, 3.63) is 0 Å². The van der Waals surface area contributed by atoms with Crippen LogP contribution in [-0.4, -0.2) is 36.1 Å². The molecule has 1 saturated heterocycles. The molecule has 2 nitrogen and oxygen atoms in total. The molecule has 0 unspecified atom stereocenters. The van der Waals surface area contributed by atoms with E-state index >= 15 is 0 Å². The first-order valence-corrected chi connectivity index (χ1v) is 6.46. The van der Waals surface area contributed by atoms with Gasteiger partial charge in [-0.05, 0) is 52.0 Å². The Bertz CT molecular complexity index is 225. The molecule has 88 valence electrons. The van der Waals surface area contributed by atoms with Gasteiger partial charge in [-0.25, -0.2) is 0 Å². The topological polar surface area (TPSA) is 15.3 Å². The Morgan fingerprint density at radius 2 is 2.00 bits per heavy atom. The van der Waals surface area contributed by atoms with Crippen LogP contribution < -0.4 is 5.32 Å². The summed E-state index contributed by atoms with van der Waals surface area (Å²) in [7, 11) is 0. The quantitative estimate of drug-likeness (QED) is 0.768. The molecule has 2 rings (SSSR count). The average molecular weight is 210 g/mol. The lowest BCUT2D eigenvalue weighted by Gasteiger charge is -2.31. The Balaban J connectivity index is 1.96. The van der Waals surface area contributed by atoms with E-state index in [1.807, 2.05) is 0 Å². The second kappa shape index (κ2) is 3.74. The Hall–Kier alpha value is -0.0800. The van der Waals surface area contributed by atoms with Crippen LogP contribution in [0.1, 0.15) is 47.0 Å². The molecule has 0 aromatic heterocycles. The second-order valence-electron chi connectivity index (χ2n) is 6.42. The summed E-state index contributed by atoms with van der Waals surface area (Å²) in [5, 5.41) is 3.74. The molecule has 0 aromatic carbocycles.